The van der Waals surface area contributed by atoms with E-state index < -0.39 is 0 Å². The van der Waals surface area contributed by atoms with Crippen LogP contribution in [0.15, 0.2) is 18.2 Å². The van der Waals surface area contributed by atoms with Gasteiger partial charge in [-0.2, -0.15) is 0 Å². The molecular formula is C15H23NO. The normalized spacial score (nSPS) is 24.9. The topological polar surface area (TPSA) is 32.3 Å². The standard InChI is InChI=1S/C15H23NO/c1-11-4-3-5-13(12(11)2)10-16-14-6-8-15(17)9-7-14/h3-5,14-17H,6-10H2,1-2H3. The van der Waals surface area contributed by atoms with Crippen molar-refractivity contribution in [1.29, 1.82) is 0 Å². The number of rotatable bonds is 3. The Labute approximate surface area is 104 Å². The van der Waals surface area contributed by atoms with Gasteiger partial charge in [-0.3, -0.25) is 0 Å². The molecule has 0 radical (unpaired) electrons. The molecule has 0 amide bonds. The molecule has 0 aliphatic heterocycles. The fourth-order valence-electron chi connectivity index (χ4n) is 2.54. The average molecular weight is 233 g/mol. The highest BCUT2D eigenvalue weighted by Crippen LogP contribution is 2.19. The van der Waals surface area contributed by atoms with Crippen LogP contribution in [-0.4, -0.2) is 17.3 Å². The second-order valence-corrected chi connectivity index (χ2v) is 5.25. The second kappa shape index (κ2) is 5.65. The zero-order chi connectivity index (χ0) is 12.3. The summed E-state index contributed by atoms with van der Waals surface area (Å²) in [5, 5.41) is 13.1. The van der Waals surface area contributed by atoms with Crippen molar-refractivity contribution in [3.63, 3.8) is 0 Å². The first kappa shape index (κ1) is 12.6. The number of aliphatic hydroxyl groups excluding tert-OH is 1. The summed E-state index contributed by atoms with van der Waals surface area (Å²) in [5.41, 5.74) is 4.16. The van der Waals surface area contributed by atoms with E-state index >= 15 is 0 Å². The number of hydrogen-bond donors (Lipinski definition) is 2. The van der Waals surface area contributed by atoms with E-state index in [1.165, 1.54) is 16.7 Å². The summed E-state index contributed by atoms with van der Waals surface area (Å²) in [7, 11) is 0. The molecule has 2 heteroatoms. The van der Waals surface area contributed by atoms with Crippen LogP contribution in [0.25, 0.3) is 0 Å². The van der Waals surface area contributed by atoms with Crippen molar-refractivity contribution in [2.75, 3.05) is 0 Å². The third-order valence-corrected chi connectivity index (χ3v) is 3.99. The molecule has 1 saturated carbocycles. The molecule has 0 unspecified atom stereocenters. The van der Waals surface area contributed by atoms with Crippen LogP contribution in [0, 0.1) is 13.8 Å². The number of aliphatic hydroxyl groups is 1. The summed E-state index contributed by atoms with van der Waals surface area (Å²) in [6.45, 7) is 5.31. The Bertz CT molecular complexity index is 367. The first-order chi connectivity index (χ1) is 8.16. The number of benzene rings is 1. The van der Waals surface area contributed by atoms with E-state index in [4.69, 9.17) is 0 Å². The lowest BCUT2D eigenvalue weighted by Crippen LogP contribution is -2.34. The molecule has 0 aromatic heterocycles. The van der Waals surface area contributed by atoms with Crippen molar-refractivity contribution >= 4 is 0 Å². The van der Waals surface area contributed by atoms with Gasteiger partial charge in [-0.15, -0.1) is 0 Å². The van der Waals surface area contributed by atoms with Crippen molar-refractivity contribution in [3.05, 3.63) is 34.9 Å². The predicted molar refractivity (Wildman–Crippen MR) is 71.0 cm³/mol. The van der Waals surface area contributed by atoms with Crippen molar-refractivity contribution in [2.45, 2.75) is 58.2 Å². The Morgan fingerprint density at radius 2 is 1.88 bits per heavy atom. The second-order valence-electron chi connectivity index (χ2n) is 5.25. The van der Waals surface area contributed by atoms with E-state index in [1.54, 1.807) is 0 Å². The Kier molecular flexibility index (Phi) is 4.19. The van der Waals surface area contributed by atoms with Crippen LogP contribution in [0.5, 0.6) is 0 Å². The molecule has 0 heterocycles. The molecule has 2 nitrogen and oxygen atoms in total. The fraction of sp³-hybridized carbons (Fsp3) is 0.600. The van der Waals surface area contributed by atoms with Crippen molar-refractivity contribution < 1.29 is 5.11 Å². The molecule has 1 aromatic rings. The summed E-state index contributed by atoms with van der Waals surface area (Å²) in [6.07, 6.45) is 4.04. The maximum Gasteiger partial charge on any atom is 0.0541 e. The lowest BCUT2D eigenvalue weighted by atomic mass is 9.93. The molecule has 94 valence electrons. The third-order valence-electron chi connectivity index (χ3n) is 3.99. The predicted octanol–water partition coefficient (Wildman–Crippen LogP) is 2.70. The Balaban J connectivity index is 1.87. The van der Waals surface area contributed by atoms with Gasteiger partial charge in [0.2, 0.25) is 0 Å². The van der Waals surface area contributed by atoms with Gasteiger partial charge in [-0.1, -0.05) is 18.2 Å². The van der Waals surface area contributed by atoms with Gasteiger partial charge in [0.15, 0.2) is 0 Å². The van der Waals surface area contributed by atoms with Gasteiger partial charge in [0.25, 0.3) is 0 Å². The maximum atomic E-state index is 9.46. The van der Waals surface area contributed by atoms with Gasteiger partial charge in [0, 0.05) is 12.6 Å². The summed E-state index contributed by atoms with van der Waals surface area (Å²) in [6, 6.07) is 7.07. The van der Waals surface area contributed by atoms with Crippen LogP contribution < -0.4 is 5.32 Å². The van der Waals surface area contributed by atoms with Crippen LogP contribution >= 0.6 is 0 Å². The molecule has 1 aliphatic carbocycles. The lowest BCUT2D eigenvalue weighted by Gasteiger charge is -2.26. The fourth-order valence-corrected chi connectivity index (χ4v) is 2.54. The summed E-state index contributed by atoms with van der Waals surface area (Å²) < 4.78 is 0. The monoisotopic (exact) mass is 233 g/mol. The smallest absolute Gasteiger partial charge is 0.0541 e. The minimum Gasteiger partial charge on any atom is -0.393 e. The maximum absolute atomic E-state index is 9.46. The number of nitrogens with one attached hydrogen (secondary N) is 1. The SMILES string of the molecule is Cc1cccc(CNC2CCC(O)CC2)c1C. The Hall–Kier alpha value is -0.860. The van der Waals surface area contributed by atoms with Crippen LogP contribution in [0.1, 0.15) is 42.4 Å². The molecule has 1 aliphatic rings. The number of aryl methyl sites for hydroxylation is 1. The summed E-state index contributed by atoms with van der Waals surface area (Å²) >= 11 is 0. The molecule has 1 aromatic carbocycles. The van der Waals surface area contributed by atoms with E-state index in [1.807, 2.05) is 0 Å². The zero-order valence-corrected chi connectivity index (χ0v) is 10.9. The van der Waals surface area contributed by atoms with Crippen LogP contribution in [0.3, 0.4) is 0 Å². The molecule has 0 saturated heterocycles. The molecular weight excluding hydrogens is 210 g/mol. The zero-order valence-electron chi connectivity index (χ0n) is 10.9. The van der Waals surface area contributed by atoms with Crippen molar-refractivity contribution in [3.8, 4) is 0 Å². The van der Waals surface area contributed by atoms with E-state index in [9.17, 15) is 5.11 Å². The Morgan fingerprint density at radius 3 is 2.59 bits per heavy atom. The van der Waals surface area contributed by atoms with Gasteiger partial charge in [0.05, 0.1) is 6.10 Å². The first-order valence-electron chi connectivity index (χ1n) is 6.63. The molecule has 0 spiro atoms. The first-order valence-corrected chi connectivity index (χ1v) is 6.63. The molecule has 0 atom stereocenters. The highest BCUT2D eigenvalue weighted by atomic mass is 16.3. The van der Waals surface area contributed by atoms with Gasteiger partial charge in [-0.25, -0.2) is 0 Å². The summed E-state index contributed by atoms with van der Waals surface area (Å²) in [5.74, 6) is 0. The highest BCUT2D eigenvalue weighted by molar-refractivity contribution is 5.32. The van der Waals surface area contributed by atoms with Gasteiger partial charge >= 0.3 is 0 Å². The van der Waals surface area contributed by atoms with E-state index in [0.717, 1.165) is 32.2 Å². The van der Waals surface area contributed by atoms with Crippen LogP contribution in [0.2, 0.25) is 0 Å². The summed E-state index contributed by atoms with van der Waals surface area (Å²) in [4.78, 5) is 0. The van der Waals surface area contributed by atoms with E-state index in [0.29, 0.717) is 6.04 Å². The van der Waals surface area contributed by atoms with E-state index in [2.05, 4.69) is 37.4 Å². The van der Waals surface area contributed by atoms with Crippen LogP contribution in [-0.2, 0) is 6.54 Å². The average Bonchev–Trinajstić information content (AvgIpc) is 2.33. The molecule has 2 rings (SSSR count). The quantitative estimate of drug-likeness (QED) is 0.841. The van der Waals surface area contributed by atoms with Crippen molar-refractivity contribution in [2.24, 2.45) is 0 Å². The van der Waals surface area contributed by atoms with Gasteiger partial charge in [-0.05, 0) is 56.2 Å². The van der Waals surface area contributed by atoms with Gasteiger partial charge in [0.1, 0.15) is 0 Å². The molecule has 0 bridgehead atoms. The minimum absolute atomic E-state index is 0.0613. The lowest BCUT2D eigenvalue weighted by molar-refractivity contribution is 0.116. The molecule has 1 fully saturated rings. The Morgan fingerprint density at radius 1 is 1.18 bits per heavy atom. The highest BCUT2D eigenvalue weighted by Gasteiger charge is 2.18. The third kappa shape index (κ3) is 3.30. The van der Waals surface area contributed by atoms with Gasteiger partial charge < -0.3 is 10.4 Å². The minimum atomic E-state index is -0.0613. The van der Waals surface area contributed by atoms with E-state index in [-0.39, 0.29) is 6.10 Å². The molecule has 2 N–H and O–H groups in total. The number of hydrogen-bond acceptors (Lipinski definition) is 2. The largest absolute Gasteiger partial charge is 0.393 e. The van der Waals surface area contributed by atoms with Crippen LogP contribution in [0.4, 0.5) is 0 Å². The molecule has 17 heavy (non-hydrogen) atoms. The van der Waals surface area contributed by atoms with Crippen molar-refractivity contribution in [1.82, 2.24) is 5.32 Å².